The summed E-state index contributed by atoms with van der Waals surface area (Å²) in [6.45, 7) is 0. The summed E-state index contributed by atoms with van der Waals surface area (Å²) in [5, 5.41) is 9.63. The number of amides is 2. The van der Waals surface area contributed by atoms with Crippen LogP contribution in [0.5, 0.6) is 11.5 Å². The largest absolute Gasteiger partial charge is 0.503 e. The lowest BCUT2D eigenvalue weighted by atomic mass is 10.1. The molecule has 0 spiro atoms. The first kappa shape index (κ1) is 18.0. The van der Waals surface area contributed by atoms with Crippen LogP contribution in [0.25, 0.3) is 6.08 Å². The Kier molecular flexibility index (Phi) is 5.21. The predicted molar refractivity (Wildman–Crippen MR) is 105 cm³/mol. The van der Waals surface area contributed by atoms with E-state index in [1.807, 2.05) is 6.07 Å². The molecule has 1 aliphatic heterocycles. The van der Waals surface area contributed by atoms with Gasteiger partial charge >= 0.3 is 0 Å². The van der Waals surface area contributed by atoms with Crippen LogP contribution < -0.4 is 9.64 Å². The first-order chi connectivity index (χ1) is 11.9. The van der Waals surface area contributed by atoms with Gasteiger partial charge < -0.3 is 9.84 Å². The summed E-state index contributed by atoms with van der Waals surface area (Å²) in [4.78, 5) is 26.3. The maximum Gasteiger partial charge on any atom is 0.298 e. The van der Waals surface area contributed by atoms with E-state index in [4.69, 9.17) is 4.74 Å². The summed E-state index contributed by atoms with van der Waals surface area (Å²) in [6, 6.07) is 10.3. The van der Waals surface area contributed by atoms with Gasteiger partial charge in [-0.3, -0.25) is 9.59 Å². The molecule has 2 aromatic rings. The van der Waals surface area contributed by atoms with E-state index in [9.17, 15) is 14.7 Å². The molecule has 1 saturated heterocycles. The summed E-state index contributed by atoms with van der Waals surface area (Å²) in [6.07, 6.45) is 1.59. The molecule has 1 aliphatic rings. The molecule has 128 valence electrons. The summed E-state index contributed by atoms with van der Waals surface area (Å²) in [7, 11) is 1.43. The van der Waals surface area contributed by atoms with Crippen molar-refractivity contribution in [1.29, 1.82) is 0 Å². The quantitative estimate of drug-likeness (QED) is 0.609. The van der Waals surface area contributed by atoms with Crippen molar-refractivity contribution in [2.45, 2.75) is 0 Å². The fourth-order valence-corrected chi connectivity index (χ4v) is 3.95. The summed E-state index contributed by atoms with van der Waals surface area (Å²) < 4.78 is 6.08. The average Bonchev–Trinajstić information content (AvgIpc) is 2.89. The molecule has 3 rings (SSSR count). The zero-order valence-electron chi connectivity index (χ0n) is 12.8. The molecule has 2 amide bonds. The Morgan fingerprint density at radius 1 is 1.16 bits per heavy atom. The Balaban J connectivity index is 2.02. The second kappa shape index (κ2) is 7.23. The summed E-state index contributed by atoms with van der Waals surface area (Å²) >= 11 is 7.50. The lowest BCUT2D eigenvalue weighted by Crippen LogP contribution is -2.27. The molecule has 5 nitrogen and oxygen atoms in total. The number of rotatable bonds is 3. The molecule has 0 radical (unpaired) electrons. The molecule has 0 unspecified atom stereocenters. The van der Waals surface area contributed by atoms with Crippen LogP contribution in [-0.2, 0) is 4.79 Å². The third-order valence-electron chi connectivity index (χ3n) is 3.49. The molecule has 2 aromatic carbocycles. The molecule has 0 atom stereocenters. The monoisotopic (exact) mass is 483 g/mol. The number of methoxy groups -OCH3 is 1. The smallest absolute Gasteiger partial charge is 0.298 e. The highest BCUT2D eigenvalue weighted by Gasteiger charge is 2.36. The van der Waals surface area contributed by atoms with Crippen molar-refractivity contribution in [2.24, 2.45) is 0 Å². The lowest BCUT2D eigenvalue weighted by molar-refractivity contribution is -0.113. The van der Waals surface area contributed by atoms with E-state index in [0.29, 0.717) is 20.2 Å². The SMILES string of the molecule is COc1cc(/C=C2\SC(=O)N(c3ccccc3)C2=O)c(Br)c(Br)c1O. The van der Waals surface area contributed by atoms with Gasteiger partial charge in [0.05, 0.1) is 22.2 Å². The van der Waals surface area contributed by atoms with Crippen molar-refractivity contribution in [2.75, 3.05) is 12.0 Å². The molecule has 0 saturated carbocycles. The maximum atomic E-state index is 12.6. The van der Waals surface area contributed by atoms with Crippen molar-refractivity contribution >= 4 is 66.5 Å². The minimum atomic E-state index is -0.392. The third-order valence-corrected chi connectivity index (χ3v) is 6.52. The third kappa shape index (κ3) is 3.33. The van der Waals surface area contributed by atoms with Crippen LogP contribution in [0.1, 0.15) is 5.56 Å². The van der Waals surface area contributed by atoms with Crippen molar-refractivity contribution in [3.63, 3.8) is 0 Å². The number of carbonyl (C=O) groups excluding carboxylic acids is 2. The Bertz CT molecular complexity index is 899. The number of para-hydroxylation sites is 1. The van der Waals surface area contributed by atoms with Crippen LogP contribution >= 0.6 is 43.6 Å². The Hall–Kier alpha value is -1.77. The molecule has 1 heterocycles. The topological polar surface area (TPSA) is 66.8 Å². The van der Waals surface area contributed by atoms with E-state index >= 15 is 0 Å². The van der Waals surface area contributed by atoms with E-state index in [-0.39, 0.29) is 21.6 Å². The van der Waals surface area contributed by atoms with Crippen molar-refractivity contribution in [1.82, 2.24) is 0 Å². The number of ether oxygens (including phenoxy) is 1. The van der Waals surface area contributed by atoms with Crippen LogP contribution in [-0.4, -0.2) is 23.4 Å². The van der Waals surface area contributed by atoms with Gasteiger partial charge in [-0.2, -0.15) is 0 Å². The van der Waals surface area contributed by atoms with Crippen molar-refractivity contribution in [3.8, 4) is 11.5 Å². The van der Waals surface area contributed by atoms with Crippen LogP contribution in [0.15, 0.2) is 50.2 Å². The standard InChI is InChI=1S/C17H11Br2NO4S/c1-24-11-7-9(13(18)14(19)15(11)21)8-12-16(22)20(17(23)25-12)10-5-3-2-4-6-10/h2-8,21H,1H3/b12-8-. The first-order valence-corrected chi connectivity index (χ1v) is 9.42. The van der Waals surface area contributed by atoms with Crippen LogP contribution in [0, 0.1) is 0 Å². The fourth-order valence-electron chi connectivity index (χ4n) is 2.28. The zero-order chi connectivity index (χ0) is 18.1. The molecular formula is C17H11Br2NO4S. The van der Waals surface area contributed by atoms with Crippen molar-refractivity contribution in [3.05, 3.63) is 55.8 Å². The predicted octanol–water partition coefficient (Wildman–Crippen LogP) is 5.17. The van der Waals surface area contributed by atoms with E-state index in [1.165, 1.54) is 7.11 Å². The number of hydrogen-bond donors (Lipinski definition) is 1. The van der Waals surface area contributed by atoms with Gasteiger partial charge in [0.15, 0.2) is 11.5 Å². The normalized spacial score (nSPS) is 16.0. The maximum absolute atomic E-state index is 12.6. The second-order valence-corrected chi connectivity index (χ2v) is 7.58. The summed E-state index contributed by atoms with van der Waals surface area (Å²) in [5.74, 6) is -0.191. The van der Waals surface area contributed by atoms with Gasteiger partial charge in [-0.1, -0.05) is 18.2 Å². The number of aromatic hydroxyl groups is 1. The lowest BCUT2D eigenvalue weighted by Gasteiger charge is -2.12. The van der Waals surface area contributed by atoms with E-state index in [0.717, 1.165) is 16.7 Å². The molecule has 0 aromatic heterocycles. The number of nitrogens with zero attached hydrogens (tertiary/aromatic N) is 1. The highest BCUT2D eigenvalue weighted by atomic mass is 79.9. The molecule has 0 aliphatic carbocycles. The number of halogens is 2. The Labute approximate surface area is 164 Å². The molecule has 1 fully saturated rings. The van der Waals surface area contributed by atoms with Crippen LogP contribution in [0.2, 0.25) is 0 Å². The number of hydrogen-bond acceptors (Lipinski definition) is 5. The number of benzene rings is 2. The molecule has 1 N–H and O–H groups in total. The van der Waals surface area contributed by atoms with Crippen molar-refractivity contribution < 1.29 is 19.4 Å². The average molecular weight is 485 g/mol. The molecule has 8 heteroatoms. The van der Waals surface area contributed by atoms with Gasteiger partial charge in [0.1, 0.15) is 0 Å². The fraction of sp³-hybridized carbons (Fsp3) is 0.0588. The number of carbonyl (C=O) groups is 2. The van der Waals surface area contributed by atoms with Gasteiger partial charge in [0, 0.05) is 4.47 Å². The van der Waals surface area contributed by atoms with E-state index in [2.05, 4.69) is 31.9 Å². The first-order valence-electron chi connectivity index (χ1n) is 7.02. The Morgan fingerprint density at radius 3 is 2.48 bits per heavy atom. The number of imide groups is 1. The number of thioether (sulfide) groups is 1. The van der Waals surface area contributed by atoms with Gasteiger partial charge in [0.2, 0.25) is 0 Å². The molecule has 25 heavy (non-hydrogen) atoms. The minimum absolute atomic E-state index is 0.0519. The van der Waals surface area contributed by atoms with Gasteiger partial charge in [-0.15, -0.1) is 0 Å². The van der Waals surface area contributed by atoms with Crippen LogP contribution in [0.4, 0.5) is 10.5 Å². The Morgan fingerprint density at radius 2 is 1.84 bits per heavy atom. The van der Waals surface area contributed by atoms with E-state index < -0.39 is 5.91 Å². The molecule has 0 bridgehead atoms. The number of anilines is 1. The highest BCUT2D eigenvalue weighted by Crippen LogP contribution is 2.44. The second-order valence-electron chi connectivity index (χ2n) is 5.00. The minimum Gasteiger partial charge on any atom is -0.503 e. The molecular weight excluding hydrogens is 474 g/mol. The van der Waals surface area contributed by atoms with Gasteiger partial charge in [0.25, 0.3) is 11.1 Å². The highest BCUT2D eigenvalue weighted by molar-refractivity contribution is 9.13. The zero-order valence-corrected chi connectivity index (χ0v) is 16.8. The number of phenols is 1. The van der Waals surface area contributed by atoms with E-state index in [1.54, 1.807) is 36.4 Å². The van der Waals surface area contributed by atoms with Gasteiger partial charge in [-0.05, 0) is 73.5 Å². The van der Waals surface area contributed by atoms with Gasteiger partial charge in [-0.25, -0.2) is 4.90 Å². The summed E-state index contributed by atoms with van der Waals surface area (Å²) in [5.41, 5.74) is 1.12. The van der Waals surface area contributed by atoms with Crippen LogP contribution in [0.3, 0.4) is 0 Å². The number of phenolic OH excluding ortho intramolecular Hbond substituents is 1.